The molecule has 0 amide bonds. The number of pyridine rings is 1. The van der Waals surface area contributed by atoms with Gasteiger partial charge < -0.3 is 4.98 Å². The van der Waals surface area contributed by atoms with Gasteiger partial charge in [0.15, 0.2) is 5.65 Å². The second-order valence-electron chi connectivity index (χ2n) is 7.56. The molecule has 1 saturated carbocycles. The van der Waals surface area contributed by atoms with Crippen molar-refractivity contribution < 1.29 is 0 Å². The number of aromatic amines is 2. The van der Waals surface area contributed by atoms with Crippen molar-refractivity contribution in [3.8, 4) is 11.3 Å². The number of hydrogen-bond acceptors (Lipinski definition) is 5. The first-order valence-electron chi connectivity index (χ1n) is 9.68. The predicted molar refractivity (Wildman–Crippen MR) is 112 cm³/mol. The van der Waals surface area contributed by atoms with Crippen LogP contribution in [0.2, 0.25) is 0 Å². The van der Waals surface area contributed by atoms with E-state index < -0.39 is 11.2 Å². The minimum absolute atomic E-state index is 0.275. The molecule has 4 heterocycles. The molecule has 5 aromatic rings. The van der Waals surface area contributed by atoms with Crippen LogP contribution in [0.15, 0.2) is 70.9 Å². The number of fused-ring (bicyclic) bond motifs is 2. The van der Waals surface area contributed by atoms with Gasteiger partial charge in [-0.15, -0.1) is 0 Å². The van der Waals surface area contributed by atoms with Gasteiger partial charge in [0, 0.05) is 41.9 Å². The van der Waals surface area contributed by atoms with Crippen LogP contribution in [0, 0.1) is 0 Å². The minimum atomic E-state index is -0.541. The van der Waals surface area contributed by atoms with Crippen LogP contribution in [-0.4, -0.2) is 29.5 Å². The smallest absolute Gasteiger partial charge is 0.313 e. The van der Waals surface area contributed by atoms with Crippen molar-refractivity contribution in [1.29, 1.82) is 0 Å². The molecule has 0 radical (unpaired) electrons. The Kier molecular flexibility index (Phi) is 3.49. The molecule has 0 bridgehead atoms. The molecule has 8 heteroatoms. The number of aromatic nitrogens is 6. The van der Waals surface area contributed by atoms with E-state index in [9.17, 15) is 9.59 Å². The van der Waals surface area contributed by atoms with Crippen LogP contribution in [0.5, 0.6) is 0 Å². The van der Waals surface area contributed by atoms with Gasteiger partial charge in [-0.3, -0.25) is 14.8 Å². The molecule has 0 spiro atoms. The maximum Gasteiger partial charge on any atom is 0.325 e. The van der Waals surface area contributed by atoms with Gasteiger partial charge in [-0.2, -0.15) is 5.10 Å². The molecule has 0 aliphatic heterocycles. The van der Waals surface area contributed by atoms with Crippen LogP contribution >= 0.6 is 0 Å². The summed E-state index contributed by atoms with van der Waals surface area (Å²) in [5.74, 6) is 0.637. The van der Waals surface area contributed by atoms with Crippen molar-refractivity contribution >= 4 is 16.4 Å². The van der Waals surface area contributed by atoms with Crippen LogP contribution in [0.25, 0.3) is 27.7 Å². The quantitative estimate of drug-likeness (QED) is 0.487. The lowest BCUT2D eigenvalue weighted by molar-refractivity contribution is 0.906. The van der Waals surface area contributed by atoms with Crippen LogP contribution < -0.4 is 11.2 Å². The van der Waals surface area contributed by atoms with Gasteiger partial charge in [-0.1, -0.05) is 18.2 Å². The fourth-order valence-corrected chi connectivity index (χ4v) is 4.30. The molecule has 1 aromatic carbocycles. The SMILES string of the molecule is O=c1[nH]cc(-c2cc([C@H]3C[C@@H]3c3cccc4cnccc34)c3nccn3n2)c(=O)[nH]1. The van der Waals surface area contributed by atoms with E-state index in [2.05, 4.69) is 49.3 Å². The van der Waals surface area contributed by atoms with Gasteiger partial charge in [0.2, 0.25) is 0 Å². The van der Waals surface area contributed by atoms with Crippen molar-refractivity contribution in [2.24, 2.45) is 0 Å². The van der Waals surface area contributed by atoms with Crippen LogP contribution in [0.3, 0.4) is 0 Å². The van der Waals surface area contributed by atoms with Gasteiger partial charge >= 0.3 is 5.69 Å². The van der Waals surface area contributed by atoms with Crippen LogP contribution in [-0.2, 0) is 0 Å². The molecular weight excluding hydrogens is 380 g/mol. The largest absolute Gasteiger partial charge is 0.325 e. The van der Waals surface area contributed by atoms with Gasteiger partial charge in [-0.25, -0.2) is 14.3 Å². The molecule has 146 valence electrons. The van der Waals surface area contributed by atoms with E-state index in [1.807, 2.05) is 18.5 Å². The normalized spacial score (nSPS) is 18.1. The molecule has 6 rings (SSSR count). The highest BCUT2D eigenvalue weighted by atomic mass is 16.2. The maximum absolute atomic E-state index is 12.3. The van der Waals surface area contributed by atoms with Crippen LogP contribution in [0.4, 0.5) is 0 Å². The van der Waals surface area contributed by atoms with Crippen LogP contribution in [0.1, 0.15) is 29.4 Å². The Balaban J connectivity index is 1.48. The second-order valence-corrected chi connectivity index (χ2v) is 7.56. The zero-order chi connectivity index (χ0) is 20.2. The number of hydrogen-bond donors (Lipinski definition) is 2. The van der Waals surface area contributed by atoms with Crippen molar-refractivity contribution in [2.75, 3.05) is 0 Å². The molecule has 4 aromatic heterocycles. The highest BCUT2D eigenvalue weighted by molar-refractivity contribution is 5.86. The van der Waals surface area contributed by atoms with E-state index in [4.69, 9.17) is 0 Å². The summed E-state index contributed by atoms with van der Waals surface area (Å²) in [4.78, 5) is 37.2. The minimum Gasteiger partial charge on any atom is -0.313 e. The maximum atomic E-state index is 12.3. The van der Waals surface area contributed by atoms with E-state index in [1.165, 1.54) is 17.1 Å². The standard InChI is InChI=1S/C22H16N6O2/c29-21-18(11-25-22(30)26-21)19-9-17(20-24-6-7-28(20)27-19)16-8-15(16)14-3-1-2-12-10-23-5-4-13(12)14/h1-7,9-11,15-16H,8H2,(H2,25,26,29,30)/t15-,16+/m1/s1. The third kappa shape index (κ3) is 2.57. The molecule has 0 unspecified atom stereocenters. The van der Waals surface area contributed by atoms with Gasteiger partial charge in [-0.05, 0) is 41.3 Å². The number of H-pyrrole nitrogens is 2. The van der Waals surface area contributed by atoms with Gasteiger partial charge in [0.05, 0.1) is 11.3 Å². The first-order chi connectivity index (χ1) is 14.7. The molecule has 0 saturated heterocycles. The number of benzene rings is 1. The topological polar surface area (TPSA) is 109 Å². The summed E-state index contributed by atoms with van der Waals surface area (Å²) in [6, 6.07) is 10.3. The zero-order valence-corrected chi connectivity index (χ0v) is 15.7. The summed E-state index contributed by atoms with van der Waals surface area (Å²) in [7, 11) is 0. The molecule has 2 atom stereocenters. The third-order valence-electron chi connectivity index (χ3n) is 5.79. The van der Waals surface area contributed by atoms with E-state index >= 15 is 0 Å². The summed E-state index contributed by atoms with van der Waals surface area (Å²) in [5, 5.41) is 6.86. The fraction of sp³-hybridized carbons (Fsp3) is 0.136. The Hall–Kier alpha value is -4.07. The van der Waals surface area contributed by atoms with Crippen molar-refractivity contribution in [3.63, 3.8) is 0 Å². The third-order valence-corrected chi connectivity index (χ3v) is 5.79. The Morgan fingerprint density at radius 3 is 2.87 bits per heavy atom. The van der Waals surface area contributed by atoms with Gasteiger partial charge in [0.1, 0.15) is 0 Å². The number of nitrogens with zero attached hydrogens (tertiary/aromatic N) is 4. The molecule has 8 nitrogen and oxygen atoms in total. The Labute approximate surface area is 169 Å². The zero-order valence-electron chi connectivity index (χ0n) is 15.7. The monoisotopic (exact) mass is 396 g/mol. The lowest BCUT2D eigenvalue weighted by Gasteiger charge is -2.09. The summed E-state index contributed by atoms with van der Waals surface area (Å²) >= 11 is 0. The average molecular weight is 396 g/mol. The lowest BCUT2D eigenvalue weighted by Crippen LogP contribution is -2.23. The summed E-state index contributed by atoms with van der Waals surface area (Å²) in [6.45, 7) is 0. The first-order valence-corrected chi connectivity index (χ1v) is 9.68. The van der Waals surface area contributed by atoms with Crippen molar-refractivity contribution in [3.05, 3.63) is 93.3 Å². The number of rotatable bonds is 3. The molecule has 1 fully saturated rings. The molecule has 2 N–H and O–H groups in total. The Morgan fingerprint density at radius 2 is 1.97 bits per heavy atom. The van der Waals surface area contributed by atoms with Crippen molar-refractivity contribution in [2.45, 2.75) is 18.3 Å². The van der Waals surface area contributed by atoms with E-state index in [0.717, 1.165) is 23.0 Å². The highest BCUT2D eigenvalue weighted by Crippen LogP contribution is 2.56. The lowest BCUT2D eigenvalue weighted by atomic mass is 9.99. The molecular formula is C22H16N6O2. The fourth-order valence-electron chi connectivity index (χ4n) is 4.30. The molecule has 30 heavy (non-hydrogen) atoms. The molecule has 1 aliphatic carbocycles. The van der Waals surface area contributed by atoms with Crippen molar-refractivity contribution in [1.82, 2.24) is 29.5 Å². The van der Waals surface area contributed by atoms with Gasteiger partial charge in [0.25, 0.3) is 5.56 Å². The highest BCUT2D eigenvalue weighted by Gasteiger charge is 2.42. The average Bonchev–Trinajstić information content (AvgIpc) is 3.40. The van der Waals surface area contributed by atoms with E-state index in [0.29, 0.717) is 17.2 Å². The summed E-state index contributed by atoms with van der Waals surface area (Å²) in [6.07, 6.45) is 9.57. The summed E-state index contributed by atoms with van der Waals surface area (Å²) < 4.78 is 1.69. The molecule has 1 aliphatic rings. The second kappa shape index (κ2) is 6.21. The summed E-state index contributed by atoms with van der Waals surface area (Å²) in [5.41, 5.74) is 2.94. The Morgan fingerprint density at radius 1 is 1.07 bits per heavy atom. The van der Waals surface area contributed by atoms with E-state index in [1.54, 1.807) is 16.9 Å². The number of nitrogens with one attached hydrogen (secondary N) is 2. The van der Waals surface area contributed by atoms with E-state index in [-0.39, 0.29) is 5.92 Å². The number of imidazole rings is 1. The first kappa shape index (κ1) is 16.8. The Bertz CT molecular complexity index is 1540. The predicted octanol–water partition coefficient (Wildman–Crippen LogP) is 2.59.